The maximum atomic E-state index is 13.3. The lowest BCUT2D eigenvalue weighted by molar-refractivity contribution is -0.132. The molecule has 0 unspecified atom stereocenters. The molecule has 3 aliphatic rings. The summed E-state index contributed by atoms with van der Waals surface area (Å²) < 4.78 is 0. The molecule has 4 rings (SSSR count). The zero-order valence-electron chi connectivity index (χ0n) is 19.9. The van der Waals surface area contributed by atoms with Crippen molar-refractivity contribution in [3.8, 4) is 0 Å². The number of hydrogen-bond acceptors (Lipinski definition) is 2. The Morgan fingerprint density at radius 2 is 1.44 bits per heavy atom. The normalized spacial score (nSPS) is 21.8. The van der Waals surface area contributed by atoms with E-state index in [1.165, 1.54) is 57.8 Å². The summed E-state index contributed by atoms with van der Waals surface area (Å²) >= 11 is 0. The molecule has 0 bridgehead atoms. The third-order valence-corrected chi connectivity index (χ3v) is 7.74. The minimum Gasteiger partial charge on any atom is -0.338 e. The minimum absolute atomic E-state index is 0.215. The highest BCUT2D eigenvalue weighted by atomic mass is 16.2. The molecule has 0 aromatic heterocycles. The summed E-state index contributed by atoms with van der Waals surface area (Å²) in [6.45, 7) is 2.28. The number of fused-ring (bicyclic) bond motifs is 1. The van der Waals surface area contributed by atoms with Gasteiger partial charge in [0, 0.05) is 37.7 Å². The number of anilines is 1. The number of amides is 2. The van der Waals surface area contributed by atoms with Gasteiger partial charge in [-0.25, -0.2) is 0 Å². The molecule has 32 heavy (non-hydrogen) atoms. The molecule has 2 aliphatic carbocycles. The molecule has 1 aliphatic heterocycles. The third kappa shape index (κ3) is 6.59. The molecule has 2 fully saturated rings. The maximum Gasteiger partial charge on any atom is 0.230 e. The Kier molecular flexibility index (Phi) is 8.64. The molecule has 176 valence electrons. The molecule has 4 heteroatoms. The van der Waals surface area contributed by atoms with Crippen molar-refractivity contribution >= 4 is 17.5 Å². The van der Waals surface area contributed by atoms with Crippen molar-refractivity contribution in [2.24, 2.45) is 11.8 Å². The molecule has 0 N–H and O–H groups in total. The molecule has 0 saturated heterocycles. The van der Waals surface area contributed by atoms with E-state index < -0.39 is 0 Å². The van der Waals surface area contributed by atoms with E-state index in [0.29, 0.717) is 24.8 Å². The summed E-state index contributed by atoms with van der Waals surface area (Å²) in [7, 11) is 0. The van der Waals surface area contributed by atoms with Crippen molar-refractivity contribution in [1.29, 1.82) is 0 Å². The summed E-state index contributed by atoms with van der Waals surface area (Å²) in [6, 6.07) is 8.32. The van der Waals surface area contributed by atoms with Crippen LogP contribution in [0.5, 0.6) is 0 Å². The number of hydrogen-bond donors (Lipinski definition) is 0. The zero-order chi connectivity index (χ0) is 22.2. The van der Waals surface area contributed by atoms with Crippen LogP contribution in [0.25, 0.3) is 0 Å². The van der Waals surface area contributed by atoms with E-state index in [-0.39, 0.29) is 5.92 Å². The lowest BCUT2D eigenvalue weighted by Gasteiger charge is -2.29. The Hall–Kier alpha value is -1.84. The van der Waals surface area contributed by atoms with E-state index in [1.54, 1.807) is 0 Å². The van der Waals surface area contributed by atoms with Crippen LogP contribution in [0.1, 0.15) is 102 Å². The Bertz CT molecular complexity index is 752. The molecule has 2 amide bonds. The highest BCUT2D eigenvalue weighted by Gasteiger charge is 2.34. The van der Waals surface area contributed by atoms with E-state index in [0.717, 1.165) is 62.4 Å². The molecule has 0 radical (unpaired) electrons. The van der Waals surface area contributed by atoms with Crippen LogP contribution in [0, 0.1) is 11.8 Å². The number of para-hydroxylation sites is 1. The Balaban J connectivity index is 1.50. The minimum atomic E-state index is 0.215. The fourth-order valence-corrected chi connectivity index (χ4v) is 5.55. The van der Waals surface area contributed by atoms with E-state index in [4.69, 9.17) is 0 Å². The smallest absolute Gasteiger partial charge is 0.230 e. The van der Waals surface area contributed by atoms with Gasteiger partial charge in [0.25, 0.3) is 0 Å². The first kappa shape index (κ1) is 23.3. The Morgan fingerprint density at radius 1 is 0.781 bits per heavy atom. The second-order valence-corrected chi connectivity index (χ2v) is 10.4. The van der Waals surface area contributed by atoms with Crippen LogP contribution in [0.4, 0.5) is 5.69 Å². The standard InChI is InChI=1S/C28H42N2O2/c31-27(19-16-23-12-6-5-7-13-23)29-20-10-3-1-2-4-11-21-30(28(32)24-17-18-24)26-15-9-8-14-25(26)22-29/h8-9,14-15,23-24H,1-7,10-13,16-22H2. The molecule has 0 atom stereocenters. The summed E-state index contributed by atoms with van der Waals surface area (Å²) in [5.74, 6) is 1.55. The first-order valence-electron chi connectivity index (χ1n) is 13.4. The van der Waals surface area contributed by atoms with Crippen molar-refractivity contribution in [2.45, 2.75) is 103 Å². The van der Waals surface area contributed by atoms with E-state index in [2.05, 4.69) is 28.0 Å². The number of nitrogens with zero attached hydrogens (tertiary/aromatic N) is 2. The Labute approximate surface area is 194 Å². The molecule has 1 aromatic carbocycles. The van der Waals surface area contributed by atoms with Gasteiger partial charge in [0.1, 0.15) is 0 Å². The average Bonchev–Trinajstić information content (AvgIpc) is 3.66. The second kappa shape index (κ2) is 11.9. The van der Waals surface area contributed by atoms with Crippen LogP contribution in [0.3, 0.4) is 0 Å². The molecule has 4 nitrogen and oxygen atoms in total. The molecule has 0 spiro atoms. The summed E-state index contributed by atoms with van der Waals surface area (Å²) in [6.07, 6.45) is 17.4. The number of carbonyl (C=O) groups excluding carboxylic acids is 2. The fourth-order valence-electron chi connectivity index (χ4n) is 5.55. The first-order chi connectivity index (χ1) is 15.7. The van der Waals surface area contributed by atoms with Gasteiger partial charge in [0.2, 0.25) is 11.8 Å². The molecular weight excluding hydrogens is 396 g/mol. The van der Waals surface area contributed by atoms with Crippen LogP contribution < -0.4 is 4.90 Å². The lowest BCUT2D eigenvalue weighted by Crippen LogP contribution is -2.36. The summed E-state index contributed by atoms with van der Waals surface area (Å²) in [5.41, 5.74) is 2.17. The van der Waals surface area contributed by atoms with Gasteiger partial charge in [-0.05, 0) is 49.7 Å². The number of carbonyl (C=O) groups is 2. The van der Waals surface area contributed by atoms with Crippen LogP contribution in [0.15, 0.2) is 24.3 Å². The summed E-state index contributed by atoms with van der Waals surface area (Å²) in [4.78, 5) is 30.6. The molecule has 2 saturated carbocycles. The van der Waals surface area contributed by atoms with Gasteiger partial charge in [-0.15, -0.1) is 0 Å². The van der Waals surface area contributed by atoms with Gasteiger partial charge in [0.15, 0.2) is 0 Å². The Morgan fingerprint density at radius 3 is 2.19 bits per heavy atom. The highest BCUT2D eigenvalue weighted by Crippen LogP contribution is 2.35. The van der Waals surface area contributed by atoms with Gasteiger partial charge in [0.05, 0.1) is 0 Å². The SMILES string of the molecule is O=C(CCC1CCCCC1)N1CCCCCCCCN(C(=O)C2CC2)c2ccccc2C1. The molecule has 1 aromatic rings. The van der Waals surface area contributed by atoms with Crippen LogP contribution in [0.2, 0.25) is 0 Å². The zero-order valence-corrected chi connectivity index (χ0v) is 19.9. The monoisotopic (exact) mass is 438 g/mol. The predicted molar refractivity (Wildman–Crippen MR) is 130 cm³/mol. The predicted octanol–water partition coefficient (Wildman–Crippen LogP) is 6.47. The maximum absolute atomic E-state index is 13.3. The highest BCUT2D eigenvalue weighted by molar-refractivity contribution is 5.97. The molecular formula is C28H42N2O2. The van der Waals surface area contributed by atoms with Gasteiger partial charge in [-0.2, -0.15) is 0 Å². The second-order valence-electron chi connectivity index (χ2n) is 10.4. The molecule has 1 heterocycles. The van der Waals surface area contributed by atoms with Crippen LogP contribution >= 0.6 is 0 Å². The quantitative estimate of drug-likeness (QED) is 0.540. The van der Waals surface area contributed by atoms with E-state index >= 15 is 0 Å². The average molecular weight is 439 g/mol. The first-order valence-corrected chi connectivity index (χ1v) is 13.4. The summed E-state index contributed by atoms with van der Waals surface area (Å²) in [5, 5.41) is 0. The van der Waals surface area contributed by atoms with Crippen LogP contribution in [-0.4, -0.2) is 29.8 Å². The van der Waals surface area contributed by atoms with Crippen LogP contribution in [-0.2, 0) is 16.1 Å². The van der Waals surface area contributed by atoms with Crippen molar-refractivity contribution in [1.82, 2.24) is 4.90 Å². The van der Waals surface area contributed by atoms with Gasteiger partial charge in [-0.1, -0.05) is 76.0 Å². The van der Waals surface area contributed by atoms with Crippen molar-refractivity contribution < 1.29 is 9.59 Å². The topological polar surface area (TPSA) is 40.6 Å². The number of rotatable bonds is 4. The van der Waals surface area contributed by atoms with Crippen molar-refractivity contribution in [3.05, 3.63) is 29.8 Å². The van der Waals surface area contributed by atoms with Crippen molar-refractivity contribution in [3.63, 3.8) is 0 Å². The van der Waals surface area contributed by atoms with Gasteiger partial charge < -0.3 is 9.80 Å². The van der Waals surface area contributed by atoms with Gasteiger partial charge in [-0.3, -0.25) is 9.59 Å². The van der Waals surface area contributed by atoms with E-state index in [9.17, 15) is 9.59 Å². The largest absolute Gasteiger partial charge is 0.338 e. The van der Waals surface area contributed by atoms with Crippen molar-refractivity contribution in [2.75, 3.05) is 18.0 Å². The third-order valence-electron chi connectivity index (χ3n) is 7.74. The lowest BCUT2D eigenvalue weighted by atomic mass is 9.86. The van der Waals surface area contributed by atoms with Gasteiger partial charge >= 0.3 is 0 Å². The fraction of sp³-hybridized carbons (Fsp3) is 0.714. The number of benzene rings is 1. The van der Waals surface area contributed by atoms with E-state index in [1.807, 2.05) is 6.07 Å².